The topological polar surface area (TPSA) is 115 Å². The van der Waals surface area contributed by atoms with Crippen LogP contribution in [0.4, 0.5) is 5.69 Å². The Kier molecular flexibility index (Phi) is 8.22. The second kappa shape index (κ2) is 11.9. The third-order valence-electron chi connectivity index (χ3n) is 5.33. The van der Waals surface area contributed by atoms with Crippen molar-refractivity contribution in [3.63, 3.8) is 0 Å². The van der Waals surface area contributed by atoms with Crippen LogP contribution < -0.4 is 5.43 Å². The van der Waals surface area contributed by atoms with E-state index in [0.717, 1.165) is 22.4 Å². The van der Waals surface area contributed by atoms with Gasteiger partial charge in [-0.2, -0.15) is 5.10 Å². The summed E-state index contributed by atoms with van der Waals surface area (Å²) in [6.45, 7) is 4.05. The smallest absolute Gasteiger partial charge is 0.272 e. The summed E-state index contributed by atoms with van der Waals surface area (Å²) in [5.74, 6) is 0.434. The third kappa shape index (κ3) is 6.56. The molecule has 3 aromatic carbocycles. The second-order valence-electron chi connectivity index (χ2n) is 8.12. The van der Waals surface area contributed by atoms with Crippen LogP contribution in [0.15, 0.2) is 89.1 Å². The molecule has 1 N–H and O–H groups in total. The predicted octanol–water partition coefficient (Wildman–Crippen LogP) is 5.37. The molecule has 1 aromatic heterocycles. The van der Waals surface area contributed by atoms with Crippen LogP contribution in [0.3, 0.4) is 0 Å². The number of nitro benzene ring substituents is 1. The van der Waals surface area contributed by atoms with Gasteiger partial charge in [0.15, 0.2) is 11.0 Å². The van der Waals surface area contributed by atoms with Crippen molar-refractivity contribution in [1.82, 2.24) is 20.2 Å². The number of rotatable bonds is 9. The number of benzene rings is 3. The molecule has 1 heterocycles. The van der Waals surface area contributed by atoms with Crippen LogP contribution in [0.1, 0.15) is 16.7 Å². The van der Waals surface area contributed by atoms with Crippen LogP contribution >= 0.6 is 11.8 Å². The number of aryl methyl sites for hydroxylation is 2. The number of amides is 1. The van der Waals surface area contributed by atoms with Gasteiger partial charge in [-0.25, -0.2) is 5.43 Å². The highest BCUT2D eigenvalue weighted by Gasteiger charge is 2.17. The van der Waals surface area contributed by atoms with Crippen LogP contribution in [-0.2, 0) is 4.79 Å². The Bertz CT molecular complexity index is 1460. The number of nitro groups is 1. The number of allylic oxidation sites excluding steroid dienone is 1. The Balaban J connectivity index is 1.44. The van der Waals surface area contributed by atoms with E-state index in [4.69, 9.17) is 0 Å². The lowest BCUT2D eigenvalue weighted by Crippen LogP contribution is -2.19. The summed E-state index contributed by atoms with van der Waals surface area (Å²) in [7, 11) is 0. The van der Waals surface area contributed by atoms with E-state index in [0.29, 0.717) is 16.5 Å². The van der Waals surface area contributed by atoms with E-state index in [-0.39, 0.29) is 17.3 Å². The number of carbonyl (C=O) groups excluding carboxylic acids is 1. The summed E-state index contributed by atoms with van der Waals surface area (Å²) >= 11 is 1.25. The zero-order valence-electron chi connectivity index (χ0n) is 20.2. The number of nitrogens with one attached hydrogen (secondary N) is 1. The Morgan fingerprint density at radius 3 is 2.41 bits per heavy atom. The van der Waals surface area contributed by atoms with Gasteiger partial charge in [-0.05, 0) is 44.2 Å². The lowest BCUT2D eigenvalue weighted by molar-refractivity contribution is -0.385. The van der Waals surface area contributed by atoms with Gasteiger partial charge in [0, 0.05) is 23.5 Å². The molecule has 0 radical (unpaired) electrons. The van der Waals surface area contributed by atoms with Gasteiger partial charge in [0.2, 0.25) is 0 Å². The zero-order chi connectivity index (χ0) is 26.2. The van der Waals surface area contributed by atoms with E-state index in [1.54, 1.807) is 24.3 Å². The standard InChI is InChI=1S/C27H24N6O3S/c1-19-9-13-22(14-10-19)26-30-31-27(32(26)23-15-11-20(2)12-16-23)37-18-25(34)29-28-17-5-7-21-6-3-4-8-24(21)33(35)36/h3-17H,18H2,1-2H3,(H,29,34)/b7-5-,28-17-. The van der Waals surface area contributed by atoms with Crippen LogP contribution in [0.2, 0.25) is 0 Å². The fraction of sp³-hybridized carbons (Fsp3) is 0.111. The molecule has 0 bridgehead atoms. The monoisotopic (exact) mass is 512 g/mol. The highest BCUT2D eigenvalue weighted by Crippen LogP contribution is 2.28. The van der Waals surface area contributed by atoms with Crippen molar-refractivity contribution in [2.45, 2.75) is 19.0 Å². The van der Waals surface area contributed by atoms with E-state index >= 15 is 0 Å². The van der Waals surface area contributed by atoms with Gasteiger partial charge in [0.05, 0.1) is 16.2 Å². The first-order valence-electron chi connectivity index (χ1n) is 11.4. The molecule has 0 aliphatic carbocycles. The van der Waals surface area contributed by atoms with Gasteiger partial charge in [0.25, 0.3) is 11.6 Å². The van der Waals surface area contributed by atoms with E-state index in [9.17, 15) is 14.9 Å². The van der Waals surface area contributed by atoms with Crippen molar-refractivity contribution in [3.05, 3.63) is 106 Å². The summed E-state index contributed by atoms with van der Waals surface area (Å²) in [5, 5.41) is 24.3. The fourth-order valence-corrected chi connectivity index (χ4v) is 4.18. The lowest BCUT2D eigenvalue weighted by atomic mass is 10.1. The summed E-state index contributed by atoms with van der Waals surface area (Å²) < 4.78 is 1.93. The highest BCUT2D eigenvalue weighted by molar-refractivity contribution is 7.99. The maximum Gasteiger partial charge on any atom is 0.276 e. The minimum atomic E-state index is -0.449. The minimum Gasteiger partial charge on any atom is -0.272 e. The van der Waals surface area contributed by atoms with Gasteiger partial charge < -0.3 is 0 Å². The second-order valence-corrected chi connectivity index (χ2v) is 9.06. The van der Waals surface area contributed by atoms with Crippen molar-refractivity contribution in [2.24, 2.45) is 5.10 Å². The van der Waals surface area contributed by atoms with Crippen LogP contribution in [0, 0.1) is 24.0 Å². The third-order valence-corrected chi connectivity index (χ3v) is 6.26. The van der Waals surface area contributed by atoms with E-state index in [2.05, 4.69) is 20.7 Å². The average molecular weight is 513 g/mol. The predicted molar refractivity (Wildman–Crippen MR) is 146 cm³/mol. The molecular weight excluding hydrogens is 488 g/mol. The number of hydrogen-bond donors (Lipinski definition) is 1. The van der Waals surface area contributed by atoms with Crippen molar-refractivity contribution in [2.75, 3.05) is 5.75 Å². The Morgan fingerprint density at radius 1 is 1.03 bits per heavy atom. The van der Waals surface area contributed by atoms with Gasteiger partial charge in [-0.1, -0.05) is 71.4 Å². The van der Waals surface area contributed by atoms with Crippen molar-refractivity contribution < 1.29 is 9.72 Å². The number of nitrogens with zero attached hydrogens (tertiary/aromatic N) is 5. The van der Waals surface area contributed by atoms with Gasteiger partial charge in [-0.15, -0.1) is 10.2 Å². The van der Waals surface area contributed by atoms with Crippen LogP contribution in [-0.4, -0.2) is 37.6 Å². The fourth-order valence-electron chi connectivity index (χ4n) is 3.44. The SMILES string of the molecule is Cc1ccc(-c2nnc(SCC(=O)N/N=C\C=C/c3ccccc3[N+](=O)[O-])n2-c2ccc(C)cc2)cc1. The largest absolute Gasteiger partial charge is 0.276 e. The summed E-state index contributed by atoms with van der Waals surface area (Å²) in [6, 6.07) is 22.4. The summed E-state index contributed by atoms with van der Waals surface area (Å²) in [5.41, 5.74) is 6.99. The molecule has 0 aliphatic rings. The Labute approximate surface area is 218 Å². The molecule has 0 saturated heterocycles. The normalized spacial score (nSPS) is 11.3. The quantitative estimate of drug-likeness (QED) is 0.140. The molecule has 1 amide bonds. The van der Waals surface area contributed by atoms with E-state index in [1.165, 1.54) is 30.1 Å². The Hall–Kier alpha value is -4.57. The molecule has 0 unspecified atom stereocenters. The molecule has 0 atom stereocenters. The molecule has 186 valence electrons. The van der Waals surface area contributed by atoms with Crippen molar-refractivity contribution in [1.29, 1.82) is 0 Å². The van der Waals surface area contributed by atoms with Crippen LogP contribution in [0.5, 0.6) is 0 Å². The number of aromatic nitrogens is 3. The number of carbonyl (C=O) groups is 1. The Morgan fingerprint density at radius 2 is 1.70 bits per heavy atom. The molecule has 0 saturated carbocycles. The lowest BCUT2D eigenvalue weighted by Gasteiger charge is -2.11. The highest BCUT2D eigenvalue weighted by atomic mass is 32.2. The summed E-state index contributed by atoms with van der Waals surface area (Å²) in [6.07, 6.45) is 4.44. The minimum absolute atomic E-state index is 0.00437. The maximum absolute atomic E-state index is 12.4. The number of thioether (sulfide) groups is 1. The van der Waals surface area contributed by atoms with E-state index in [1.807, 2.05) is 66.9 Å². The molecule has 4 rings (SSSR count). The van der Waals surface area contributed by atoms with Crippen molar-refractivity contribution >= 4 is 35.6 Å². The maximum atomic E-state index is 12.4. The van der Waals surface area contributed by atoms with Crippen molar-refractivity contribution in [3.8, 4) is 17.1 Å². The molecular formula is C27H24N6O3S. The van der Waals surface area contributed by atoms with E-state index < -0.39 is 4.92 Å². The van der Waals surface area contributed by atoms with Crippen LogP contribution in [0.25, 0.3) is 23.2 Å². The van der Waals surface area contributed by atoms with Gasteiger partial charge in [0.1, 0.15) is 0 Å². The summed E-state index contributed by atoms with van der Waals surface area (Å²) in [4.78, 5) is 23.0. The molecule has 0 aliphatic heterocycles. The first kappa shape index (κ1) is 25.5. The molecule has 4 aromatic rings. The zero-order valence-corrected chi connectivity index (χ0v) is 21.1. The number of hydrazone groups is 1. The number of para-hydroxylation sites is 1. The van der Waals surface area contributed by atoms with Gasteiger partial charge in [-0.3, -0.25) is 19.5 Å². The molecule has 0 fully saturated rings. The number of hydrogen-bond acceptors (Lipinski definition) is 7. The first-order valence-corrected chi connectivity index (χ1v) is 12.4. The van der Waals surface area contributed by atoms with Gasteiger partial charge >= 0.3 is 0 Å². The average Bonchev–Trinajstić information content (AvgIpc) is 3.32. The molecule has 37 heavy (non-hydrogen) atoms. The molecule has 9 nitrogen and oxygen atoms in total. The molecule has 10 heteroatoms. The molecule has 0 spiro atoms. The first-order chi connectivity index (χ1) is 17.9.